The molecule has 1 aromatic heterocycles. The maximum absolute atomic E-state index is 12.8. The zero-order valence-corrected chi connectivity index (χ0v) is 20.6. The van der Waals surface area contributed by atoms with Crippen LogP contribution in [-0.2, 0) is 26.1 Å². The van der Waals surface area contributed by atoms with Gasteiger partial charge in [-0.2, -0.15) is 0 Å². The van der Waals surface area contributed by atoms with Crippen molar-refractivity contribution >= 4 is 56.0 Å². The number of carbonyl (C=O) groups is 1. The fraction of sp³-hybridized carbons (Fsp3) is 0.333. The average Bonchev–Trinajstić information content (AvgIpc) is 3.07. The fourth-order valence-electron chi connectivity index (χ4n) is 2.97. The maximum Gasteiger partial charge on any atom is 0.242 e. The molecule has 1 atom stereocenters. The average molecular weight is 497 g/mol. The van der Waals surface area contributed by atoms with Gasteiger partial charge in [0.1, 0.15) is 0 Å². The van der Waals surface area contributed by atoms with E-state index in [1.54, 1.807) is 38.3 Å². The highest BCUT2D eigenvalue weighted by molar-refractivity contribution is 8.00. The summed E-state index contributed by atoms with van der Waals surface area (Å²) >= 11 is 7.41. The third-order valence-electron chi connectivity index (χ3n) is 4.73. The molecule has 0 aliphatic heterocycles. The summed E-state index contributed by atoms with van der Waals surface area (Å²) < 4.78 is 33.0. The summed E-state index contributed by atoms with van der Waals surface area (Å²) in [7, 11) is 0.953. The fourth-order valence-corrected chi connectivity index (χ4v) is 5.03. The van der Waals surface area contributed by atoms with Crippen molar-refractivity contribution < 1.29 is 17.9 Å². The quantitative estimate of drug-likeness (QED) is 0.454. The Labute approximate surface area is 197 Å². The maximum atomic E-state index is 12.8. The van der Waals surface area contributed by atoms with Crippen LogP contribution in [0.25, 0.3) is 11.0 Å². The summed E-state index contributed by atoms with van der Waals surface area (Å²) in [5.74, 6) is -0.266. The van der Waals surface area contributed by atoms with Crippen LogP contribution in [-0.4, -0.2) is 61.2 Å². The van der Waals surface area contributed by atoms with E-state index in [0.29, 0.717) is 29.0 Å². The second kappa shape index (κ2) is 10.2. The number of thioether (sulfide) groups is 1. The van der Waals surface area contributed by atoms with Crippen molar-refractivity contribution in [2.45, 2.75) is 28.8 Å². The van der Waals surface area contributed by atoms with Crippen LogP contribution in [0.1, 0.15) is 6.92 Å². The van der Waals surface area contributed by atoms with E-state index < -0.39 is 15.3 Å². The largest absolute Gasteiger partial charge is 0.383 e. The van der Waals surface area contributed by atoms with Gasteiger partial charge in [0.05, 0.1) is 27.8 Å². The number of amides is 1. The number of nitrogens with zero attached hydrogens (tertiary/aromatic N) is 3. The molecule has 11 heteroatoms. The molecule has 0 aliphatic rings. The van der Waals surface area contributed by atoms with Crippen molar-refractivity contribution in [3.8, 4) is 0 Å². The predicted molar refractivity (Wildman–Crippen MR) is 128 cm³/mol. The van der Waals surface area contributed by atoms with Gasteiger partial charge in [0.15, 0.2) is 5.16 Å². The van der Waals surface area contributed by atoms with E-state index in [4.69, 9.17) is 16.3 Å². The molecule has 0 spiro atoms. The summed E-state index contributed by atoms with van der Waals surface area (Å²) in [6.07, 6.45) is 0. The van der Waals surface area contributed by atoms with E-state index in [9.17, 15) is 13.2 Å². The third-order valence-corrected chi connectivity index (χ3v) is 7.86. The normalized spacial score (nSPS) is 12.9. The number of fused-ring (bicyclic) bond motifs is 1. The summed E-state index contributed by atoms with van der Waals surface area (Å²) in [6, 6.07) is 11.7. The first kappa shape index (κ1) is 24.5. The van der Waals surface area contributed by atoms with Crippen molar-refractivity contribution in [1.29, 1.82) is 0 Å². The number of ether oxygens (including phenoxy) is 1. The molecule has 2 aromatic carbocycles. The lowest BCUT2D eigenvalue weighted by molar-refractivity contribution is -0.115. The highest BCUT2D eigenvalue weighted by Crippen LogP contribution is 2.29. The van der Waals surface area contributed by atoms with Gasteiger partial charge in [0.25, 0.3) is 0 Å². The van der Waals surface area contributed by atoms with Gasteiger partial charge < -0.3 is 14.6 Å². The summed E-state index contributed by atoms with van der Waals surface area (Å²) in [5.41, 5.74) is 2.05. The van der Waals surface area contributed by atoms with Crippen LogP contribution >= 0.6 is 23.4 Å². The monoisotopic (exact) mass is 496 g/mol. The number of hydrogen-bond donors (Lipinski definition) is 1. The molecule has 0 saturated carbocycles. The van der Waals surface area contributed by atoms with Crippen LogP contribution in [0.3, 0.4) is 0 Å². The molecular weight excluding hydrogens is 472 g/mol. The van der Waals surface area contributed by atoms with Crippen molar-refractivity contribution in [1.82, 2.24) is 13.9 Å². The first-order chi connectivity index (χ1) is 15.1. The molecular formula is C21H25ClN4O4S2. The number of benzene rings is 2. The van der Waals surface area contributed by atoms with E-state index in [-0.39, 0.29) is 10.8 Å². The van der Waals surface area contributed by atoms with Gasteiger partial charge in [-0.3, -0.25) is 4.79 Å². The molecule has 0 aliphatic carbocycles. The lowest BCUT2D eigenvalue weighted by Crippen LogP contribution is -2.24. The Morgan fingerprint density at radius 2 is 2.03 bits per heavy atom. The highest BCUT2D eigenvalue weighted by Gasteiger charge is 2.21. The smallest absolute Gasteiger partial charge is 0.242 e. The van der Waals surface area contributed by atoms with Crippen molar-refractivity contribution in [2.75, 3.05) is 33.1 Å². The van der Waals surface area contributed by atoms with Gasteiger partial charge >= 0.3 is 0 Å². The molecule has 1 N–H and O–H groups in total. The topological polar surface area (TPSA) is 93.5 Å². The summed E-state index contributed by atoms with van der Waals surface area (Å²) in [5, 5.41) is 3.56. The van der Waals surface area contributed by atoms with Crippen molar-refractivity contribution in [2.24, 2.45) is 0 Å². The Bertz CT molecular complexity index is 1230. The van der Waals surface area contributed by atoms with Crippen molar-refractivity contribution in [3.05, 3.63) is 47.5 Å². The molecule has 0 radical (unpaired) electrons. The SMILES string of the molecule is COCCn1c(SC(C)C(=O)Nc2cccc(S(=O)(=O)N(C)C)c2)nc2cc(Cl)ccc21. The Hall–Kier alpha value is -2.11. The minimum absolute atomic E-state index is 0.110. The number of rotatable bonds is 9. The molecule has 1 unspecified atom stereocenters. The molecule has 3 aromatic rings. The highest BCUT2D eigenvalue weighted by atomic mass is 35.5. The molecule has 1 heterocycles. The number of nitrogens with one attached hydrogen (secondary N) is 1. The van der Waals surface area contributed by atoms with Crippen LogP contribution in [0.2, 0.25) is 5.02 Å². The molecule has 32 heavy (non-hydrogen) atoms. The van der Waals surface area contributed by atoms with Crippen LogP contribution in [0.15, 0.2) is 52.5 Å². The number of methoxy groups -OCH3 is 1. The van der Waals surface area contributed by atoms with Crippen molar-refractivity contribution in [3.63, 3.8) is 0 Å². The Morgan fingerprint density at radius 3 is 2.72 bits per heavy atom. The molecule has 0 bridgehead atoms. The van der Waals surface area contributed by atoms with E-state index >= 15 is 0 Å². The van der Waals surface area contributed by atoms with E-state index in [0.717, 1.165) is 15.3 Å². The molecule has 8 nitrogen and oxygen atoms in total. The Balaban J connectivity index is 1.80. The van der Waals surface area contributed by atoms with Gasteiger partial charge in [-0.1, -0.05) is 29.4 Å². The first-order valence-electron chi connectivity index (χ1n) is 9.78. The van der Waals surface area contributed by atoms with Gasteiger partial charge in [0, 0.05) is 38.5 Å². The Kier molecular flexibility index (Phi) is 7.84. The van der Waals surface area contributed by atoms with Gasteiger partial charge in [-0.15, -0.1) is 0 Å². The van der Waals surface area contributed by atoms with Crippen LogP contribution in [0, 0.1) is 0 Å². The molecule has 172 valence electrons. The predicted octanol–water partition coefficient (Wildman–Crippen LogP) is 3.71. The number of hydrogen-bond acceptors (Lipinski definition) is 6. The second-order valence-electron chi connectivity index (χ2n) is 7.24. The zero-order chi connectivity index (χ0) is 23.5. The number of anilines is 1. The molecule has 0 fully saturated rings. The van der Waals surface area contributed by atoms with E-state index in [2.05, 4.69) is 10.3 Å². The number of sulfonamides is 1. The summed E-state index contributed by atoms with van der Waals surface area (Å²) in [6.45, 7) is 2.85. The summed E-state index contributed by atoms with van der Waals surface area (Å²) in [4.78, 5) is 17.6. The molecule has 3 rings (SSSR count). The van der Waals surface area contributed by atoms with Crippen LogP contribution < -0.4 is 5.32 Å². The van der Waals surface area contributed by atoms with Crippen LogP contribution in [0.4, 0.5) is 5.69 Å². The Morgan fingerprint density at radius 1 is 1.28 bits per heavy atom. The number of carbonyl (C=O) groups excluding carboxylic acids is 1. The van der Waals surface area contributed by atoms with Crippen LogP contribution in [0.5, 0.6) is 0 Å². The number of halogens is 1. The van der Waals surface area contributed by atoms with Gasteiger partial charge in [0.2, 0.25) is 15.9 Å². The number of aromatic nitrogens is 2. The molecule has 1 amide bonds. The standard InChI is InChI=1S/C21H25ClN4O4S2/c1-14(20(27)23-16-6-5-7-17(13-16)32(28,29)25(2)3)31-21-24-18-12-15(22)8-9-19(18)26(21)10-11-30-4/h5-9,12-14H,10-11H2,1-4H3,(H,23,27). The lowest BCUT2D eigenvalue weighted by Gasteiger charge is -2.15. The molecule has 0 saturated heterocycles. The minimum Gasteiger partial charge on any atom is -0.383 e. The lowest BCUT2D eigenvalue weighted by atomic mass is 10.3. The second-order valence-corrected chi connectivity index (χ2v) is 11.1. The first-order valence-corrected chi connectivity index (χ1v) is 12.5. The van der Waals surface area contributed by atoms with Gasteiger partial charge in [-0.25, -0.2) is 17.7 Å². The minimum atomic E-state index is -3.60. The number of imidazole rings is 1. The third kappa shape index (κ3) is 5.44. The zero-order valence-electron chi connectivity index (χ0n) is 18.2. The van der Waals surface area contributed by atoms with Gasteiger partial charge in [-0.05, 0) is 43.3 Å². The van der Waals surface area contributed by atoms with E-state index in [1.807, 2.05) is 10.6 Å². The van der Waals surface area contributed by atoms with E-state index in [1.165, 1.54) is 38.0 Å².